The number of para-hydroxylation sites is 1. The largest absolute Gasteiger partial charge is 0.358 e. The van der Waals surface area contributed by atoms with Crippen molar-refractivity contribution in [3.63, 3.8) is 0 Å². The van der Waals surface area contributed by atoms with Gasteiger partial charge in [-0.3, -0.25) is 4.79 Å². The molecule has 2 heterocycles. The zero-order valence-electron chi connectivity index (χ0n) is 11.7. The van der Waals surface area contributed by atoms with E-state index in [1.54, 1.807) is 11.3 Å². The van der Waals surface area contributed by atoms with Crippen molar-refractivity contribution in [1.82, 2.24) is 4.90 Å². The maximum atomic E-state index is 12.8. The quantitative estimate of drug-likeness (QED) is 0.928. The fourth-order valence-corrected chi connectivity index (χ4v) is 3.61. The minimum atomic E-state index is -0.463. The molecule has 1 unspecified atom stereocenters. The lowest BCUT2D eigenvalue weighted by atomic mass is 9.99. The van der Waals surface area contributed by atoms with E-state index in [-0.39, 0.29) is 5.91 Å². The zero-order chi connectivity index (χ0) is 14.2. The summed E-state index contributed by atoms with van der Waals surface area (Å²) in [5.41, 5.74) is 1.21. The van der Waals surface area contributed by atoms with Crippen molar-refractivity contribution < 1.29 is 4.79 Å². The molecule has 0 spiro atoms. The van der Waals surface area contributed by atoms with Gasteiger partial charge >= 0.3 is 0 Å². The van der Waals surface area contributed by atoms with E-state index in [9.17, 15) is 4.79 Å². The monoisotopic (exact) mass is 286 g/mol. The molecule has 0 saturated heterocycles. The molecule has 1 atom stereocenters. The van der Waals surface area contributed by atoms with Gasteiger partial charge in [0.15, 0.2) is 0 Å². The molecule has 0 aliphatic carbocycles. The van der Waals surface area contributed by atoms with Gasteiger partial charge < -0.3 is 10.2 Å². The van der Waals surface area contributed by atoms with Crippen molar-refractivity contribution in [3.8, 4) is 0 Å². The lowest BCUT2D eigenvalue weighted by Gasteiger charge is -2.45. The fourth-order valence-electron chi connectivity index (χ4n) is 2.76. The summed E-state index contributed by atoms with van der Waals surface area (Å²) in [6.07, 6.45) is 0.941. The summed E-state index contributed by atoms with van der Waals surface area (Å²) in [4.78, 5) is 15.9. The summed E-state index contributed by atoms with van der Waals surface area (Å²) in [5, 5.41) is 5.61. The van der Waals surface area contributed by atoms with E-state index in [1.807, 2.05) is 35.2 Å². The summed E-state index contributed by atoms with van der Waals surface area (Å²) in [5.74, 6) is 0.108. The number of nitrogens with zero attached hydrogens (tertiary/aromatic N) is 1. The third kappa shape index (κ3) is 1.91. The minimum Gasteiger partial charge on any atom is -0.358 e. The third-order valence-electron chi connectivity index (χ3n) is 3.77. The van der Waals surface area contributed by atoms with E-state index < -0.39 is 5.66 Å². The van der Waals surface area contributed by atoms with Gasteiger partial charge in [0, 0.05) is 12.2 Å². The first-order valence-electron chi connectivity index (χ1n) is 6.90. The molecule has 4 heteroatoms. The highest BCUT2D eigenvalue weighted by atomic mass is 32.1. The van der Waals surface area contributed by atoms with Crippen molar-refractivity contribution in [2.45, 2.75) is 25.9 Å². The Hall–Kier alpha value is -1.81. The second kappa shape index (κ2) is 4.94. The van der Waals surface area contributed by atoms with Crippen LogP contribution in [-0.4, -0.2) is 17.4 Å². The van der Waals surface area contributed by atoms with Gasteiger partial charge in [0.2, 0.25) is 0 Å². The molecule has 0 saturated carbocycles. The van der Waals surface area contributed by atoms with E-state index in [2.05, 4.69) is 30.6 Å². The average Bonchev–Trinajstić information content (AvgIpc) is 2.98. The summed E-state index contributed by atoms with van der Waals surface area (Å²) in [6.45, 7) is 4.93. The molecule has 2 aromatic rings. The van der Waals surface area contributed by atoms with E-state index in [1.165, 1.54) is 0 Å². The molecule has 0 fully saturated rings. The maximum Gasteiger partial charge on any atom is 0.258 e. The zero-order valence-corrected chi connectivity index (χ0v) is 12.5. The number of hydrogen-bond acceptors (Lipinski definition) is 3. The highest BCUT2D eigenvalue weighted by Gasteiger charge is 2.42. The molecule has 1 amide bonds. The Balaban J connectivity index is 2.12. The van der Waals surface area contributed by atoms with Gasteiger partial charge in [0.1, 0.15) is 5.66 Å². The number of hydrogen-bond donors (Lipinski definition) is 1. The lowest BCUT2D eigenvalue weighted by molar-refractivity contribution is 0.0542. The van der Waals surface area contributed by atoms with E-state index in [0.717, 1.165) is 29.1 Å². The summed E-state index contributed by atoms with van der Waals surface area (Å²) in [7, 11) is 0. The molecule has 20 heavy (non-hydrogen) atoms. The van der Waals surface area contributed by atoms with Crippen LogP contribution in [0.4, 0.5) is 5.69 Å². The van der Waals surface area contributed by atoms with Crippen LogP contribution in [0, 0.1) is 0 Å². The first-order chi connectivity index (χ1) is 9.66. The van der Waals surface area contributed by atoms with Gasteiger partial charge in [-0.25, -0.2) is 0 Å². The minimum absolute atomic E-state index is 0.108. The van der Waals surface area contributed by atoms with Crippen LogP contribution in [0.25, 0.3) is 0 Å². The van der Waals surface area contributed by atoms with Gasteiger partial charge in [-0.05, 0) is 36.9 Å². The van der Waals surface area contributed by atoms with Crippen LogP contribution in [0.15, 0.2) is 41.8 Å². The molecule has 104 valence electrons. The Kier molecular flexibility index (Phi) is 3.26. The fraction of sp³-hybridized carbons (Fsp3) is 0.312. The third-order valence-corrected chi connectivity index (χ3v) is 4.85. The highest BCUT2D eigenvalue weighted by molar-refractivity contribution is 7.10. The number of fused-ring (bicyclic) bond motifs is 1. The molecule has 1 aromatic carbocycles. The predicted molar refractivity (Wildman–Crippen MR) is 83.1 cm³/mol. The van der Waals surface area contributed by atoms with Crippen LogP contribution in [0.2, 0.25) is 0 Å². The number of amides is 1. The molecule has 3 nitrogen and oxygen atoms in total. The van der Waals surface area contributed by atoms with E-state index in [0.29, 0.717) is 0 Å². The van der Waals surface area contributed by atoms with Crippen LogP contribution >= 0.6 is 11.3 Å². The van der Waals surface area contributed by atoms with Crippen LogP contribution in [0.3, 0.4) is 0 Å². The first-order valence-corrected chi connectivity index (χ1v) is 7.78. The SMILES string of the molecule is CCCN1C(=O)c2ccccc2NC1(C)c1cccs1. The second-order valence-electron chi connectivity index (χ2n) is 5.18. The van der Waals surface area contributed by atoms with Crippen molar-refractivity contribution in [1.29, 1.82) is 0 Å². The number of benzene rings is 1. The van der Waals surface area contributed by atoms with Gasteiger partial charge in [-0.15, -0.1) is 11.3 Å². The van der Waals surface area contributed by atoms with Crippen LogP contribution in [0.5, 0.6) is 0 Å². The molecule has 1 N–H and O–H groups in total. The number of anilines is 1. The highest BCUT2D eigenvalue weighted by Crippen LogP contribution is 2.39. The summed E-state index contributed by atoms with van der Waals surface area (Å²) >= 11 is 1.68. The number of carbonyl (C=O) groups excluding carboxylic acids is 1. The number of thiophene rings is 1. The van der Waals surface area contributed by atoms with Gasteiger partial charge in [-0.1, -0.05) is 25.1 Å². The number of carbonyl (C=O) groups is 1. The first kappa shape index (κ1) is 13.2. The standard InChI is InChI=1S/C16H18N2OS/c1-3-10-18-15(19)12-7-4-5-8-13(12)17-16(18,2)14-9-6-11-20-14/h4-9,11,17H,3,10H2,1-2H3. The number of rotatable bonds is 3. The Morgan fingerprint density at radius 3 is 2.75 bits per heavy atom. The Morgan fingerprint density at radius 2 is 2.05 bits per heavy atom. The lowest BCUT2D eigenvalue weighted by Crippen LogP contribution is -2.55. The molecule has 1 aliphatic rings. The van der Waals surface area contributed by atoms with E-state index in [4.69, 9.17) is 0 Å². The topological polar surface area (TPSA) is 32.3 Å². The summed E-state index contributed by atoms with van der Waals surface area (Å²) in [6, 6.07) is 11.9. The van der Waals surface area contributed by atoms with Gasteiger partial charge in [-0.2, -0.15) is 0 Å². The molecule has 1 aromatic heterocycles. The average molecular weight is 286 g/mol. The van der Waals surface area contributed by atoms with Crippen molar-refractivity contribution >= 4 is 22.9 Å². The molecular weight excluding hydrogens is 268 g/mol. The van der Waals surface area contributed by atoms with Crippen molar-refractivity contribution in [2.75, 3.05) is 11.9 Å². The van der Waals surface area contributed by atoms with Gasteiger partial charge in [0.05, 0.1) is 10.4 Å². The van der Waals surface area contributed by atoms with E-state index >= 15 is 0 Å². The van der Waals surface area contributed by atoms with Crippen LogP contribution in [-0.2, 0) is 5.66 Å². The summed E-state index contributed by atoms with van der Waals surface area (Å²) < 4.78 is 0. The predicted octanol–water partition coefficient (Wildman–Crippen LogP) is 3.90. The molecular formula is C16H18N2OS. The smallest absolute Gasteiger partial charge is 0.258 e. The normalized spacial score (nSPS) is 21.5. The molecule has 3 rings (SSSR count). The number of nitrogens with one attached hydrogen (secondary N) is 1. The molecule has 1 aliphatic heterocycles. The molecule has 0 bridgehead atoms. The van der Waals surface area contributed by atoms with Crippen LogP contribution in [0.1, 0.15) is 35.5 Å². The Morgan fingerprint density at radius 1 is 1.25 bits per heavy atom. The Bertz CT molecular complexity index is 623. The van der Waals surface area contributed by atoms with Crippen LogP contribution < -0.4 is 5.32 Å². The van der Waals surface area contributed by atoms with Crippen molar-refractivity contribution in [3.05, 3.63) is 52.2 Å². The second-order valence-corrected chi connectivity index (χ2v) is 6.12. The Labute approximate surface area is 123 Å². The van der Waals surface area contributed by atoms with Gasteiger partial charge in [0.25, 0.3) is 5.91 Å². The molecule has 0 radical (unpaired) electrons. The maximum absolute atomic E-state index is 12.8. The van der Waals surface area contributed by atoms with Crippen molar-refractivity contribution in [2.24, 2.45) is 0 Å².